The summed E-state index contributed by atoms with van der Waals surface area (Å²) in [7, 11) is 0. The molecule has 1 aromatic carbocycles. The number of nitro groups is 1. The lowest BCUT2D eigenvalue weighted by Crippen LogP contribution is -2.31. The van der Waals surface area contributed by atoms with Crippen LogP contribution in [0.2, 0.25) is 0 Å². The summed E-state index contributed by atoms with van der Waals surface area (Å²) in [5, 5.41) is 13.6. The van der Waals surface area contributed by atoms with E-state index in [0.29, 0.717) is 6.54 Å². The van der Waals surface area contributed by atoms with Crippen molar-refractivity contribution in [2.24, 2.45) is 5.92 Å². The van der Waals surface area contributed by atoms with E-state index in [1.807, 2.05) is 13.8 Å². The molecule has 1 N–H and O–H groups in total. The lowest BCUT2D eigenvalue weighted by atomic mass is 10.1. The van der Waals surface area contributed by atoms with Crippen LogP contribution in [-0.4, -0.2) is 36.7 Å². The van der Waals surface area contributed by atoms with Gasteiger partial charge in [0.25, 0.3) is 11.6 Å². The highest BCUT2D eigenvalue weighted by molar-refractivity contribution is 5.96. The molecule has 0 atom stereocenters. The van der Waals surface area contributed by atoms with Crippen LogP contribution >= 0.6 is 0 Å². The normalized spacial score (nSPS) is 12.1. The van der Waals surface area contributed by atoms with Gasteiger partial charge < -0.3 is 19.5 Å². The van der Waals surface area contributed by atoms with Crippen molar-refractivity contribution in [1.82, 2.24) is 5.32 Å². The summed E-state index contributed by atoms with van der Waals surface area (Å²) in [6, 6.07) is 2.27. The average molecular weight is 324 g/mol. The third kappa shape index (κ3) is 4.09. The molecule has 0 unspecified atom stereocenters. The van der Waals surface area contributed by atoms with Gasteiger partial charge in [0.1, 0.15) is 5.56 Å². The molecule has 124 valence electrons. The Hall–Kier alpha value is -2.84. The van der Waals surface area contributed by atoms with Crippen molar-refractivity contribution in [1.29, 1.82) is 0 Å². The van der Waals surface area contributed by atoms with E-state index in [9.17, 15) is 19.7 Å². The van der Waals surface area contributed by atoms with Crippen molar-refractivity contribution in [3.05, 3.63) is 27.8 Å². The van der Waals surface area contributed by atoms with E-state index < -0.39 is 29.1 Å². The Morgan fingerprint density at radius 3 is 2.61 bits per heavy atom. The van der Waals surface area contributed by atoms with E-state index in [-0.39, 0.29) is 29.8 Å². The van der Waals surface area contributed by atoms with Crippen molar-refractivity contribution < 1.29 is 28.7 Å². The molecule has 1 amide bonds. The molecule has 9 nitrogen and oxygen atoms in total. The molecule has 1 aromatic rings. The van der Waals surface area contributed by atoms with E-state index in [4.69, 9.17) is 14.2 Å². The molecular formula is C14H16N2O7. The number of hydrogen-bond donors (Lipinski definition) is 1. The van der Waals surface area contributed by atoms with E-state index in [2.05, 4.69) is 5.32 Å². The zero-order chi connectivity index (χ0) is 17.0. The topological polar surface area (TPSA) is 117 Å². The van der Waals surface area contributed by atoms with Crippen LogP contribution in [0.3, 0.4) is 0 Å². The second-order valence-corrected chi connectivity index (χ2v) is 5.25. The number of hydrogen-bond acceptors (Lipinski definition) is 7. The first-order valence-corrected chi connectivity index (χ1v) is 6.90. The maximum atomic E-state index is 12.0. The Bertz CT molecular complexity index is 642. The van der Waals surface area contributed by atoms with Crippen LogP contribution in [0.1, 0.15) is 24.2 Å². The van der Waals surface area contributed by atoms with Crippen LogP contribution in [0, 0.1) is 16.0 Å². The Kier molecular flexibility index (Phi) is 4.99. The van der Waals surface area contributed by atoms with Crippen LogP contribution in [-0.2, 0) is 9.53 Å². The minimum absolute atomic E-state index is 0.0808. The highest BCUT2D eigenvalue weighted by Gasteiger charge is 2.28. The Labute approximate surface area is 131 Å². The van der Waals surface area contributed by atoms with Gasteiger partial charge in [0.05, 0.1) is 11.0 Å². The molecular weight excluding hydrogens is 308 g/mol. The van der Waals surface area contributed by atoms with Crippen LogP contribution < -0.4 is 14.8 Å². The van der Waals surface area contributed by atoms with Gasteiger partial charge in [-0.25, -0.2) is 4.79 Å². The van der Waals surface area contributed by atoms with Crippen LogP contribution in [0.25, 0.3) is 0 Å². The summed E-state index contributed by atoms with van der Waals surface area (Å²) in [6.45, 7) is 3.69. The van der Waals surface area contributed by atoms with Gasteiger partial charge in [0.2, 0.25) is 6.79 Å². The lowest BCUT2D eigenvalue weighted by Gasteiger charge is -2.09. The van der Waals surface area contributed by atoms with Crippen LogP contribution in [0.4, 0.5) is 5.69 Å². The SMILES string of the molecule is CC(C)CNC(=O)COC(=O)c1cc2c(cc1[N+](=O)[O-])OCO2. The number of esters is 1. The highest BCUT2D eigenvalue weighted by atomic mass is 16.7. The zero-order valence-corrected chi connectivity index (χ0v) is 12.7. The monoisotopic (exact) mass is 324 g/mol. The number of fused-ring (bicyclic) bond motifs is 1. The third-order valence-corrected chi connectivity index (χ3v) is 2.95. The second kappa shape index (κ2) is 6.95. The fourth-order valence-corrected chi connectivity index (χ4v) is 1.82. The molecule has 23 heavy (non-hydrogen) atoms. The number of amides is 1. The summed E-state index contributed by atoms with van der Waals surface area (Å²) >= 11 is 0. The molecule has 0 saturated carbocycles. The molecule has 1 aliphatic rings. The lowest BCUT2D eigenvalue weighted by molar-refractivity contribution is -0.385. The average Bonchev–Trinajstić information content (AvgIpc) is 2.96. The van der Waals surface area contributed by atoms with Crippen molar-refractivity contribution in [2.75, 3.05) is 19.9 Å². The number of benzene rings is 1. The summed E-state index contributed by atoms with van der Waals surface area (Å²) in [5.41, 5.74) is -0.766. The second-order valence-electron chi connectivity index (χ2n) is 5.25. The number of nitro benzene ring substituents is 1. The van der Waals surface area contributed by atoms with Gasteiger partial charge in [0.15, 0.2) is 18.1 Å². The predicted molar refractivity (Wildman–Crippen MR) is 77.3 cm³/mol. The minimum atomic E-state index is -0.977. The van der Waals surface area contributed by atoms with E-state index in [1.54, 1.807) is 0 Å². The molecule has 0 aromatic heterocycles. The molecule has 1 heterocycles. The van der Waals surface area contributed by atoms with Gasteiger partial charge in [-0.05, 0) is 5.92 Å². The van der Waals surface area contributed by atoms with Crippen LogP contribution in [0.5, 0.6) is 11.5 Å². The summed E-state index contributed by atoms with van der Waals surface area (Å²) in [5.74, 6) is -0.801. The number of nitrogens with zero attached hydrogens (tertiary/aromatic N) is 1. The standard InChI is InChI=1S/C14H16N2O7/c1-8(2)5-15-13(17)6-21-14(18)9-3-11-12(23-7-22-11)4-10(9)16(19)20/h3-4,8H,5-7H2,1-2H3,(H,15,17). The fraction of sp³-hybridized carbons (Fsp3) is 0.429. The maximum Gasteiger partial charge on any atom is 0.345 e. The maximum absolute atomic E-state index is 12.0. The van der Waals surface area contributed by atoms with Crippen LogP contribution in [0.15, 0.2) is 12.1 Å². The minimum Gasteiger partial charge on any atom is -0.454 e. The summed E-state index contributed by atoms with van der Waals surface area (Å²) < 4.78 is 14.9. The zero-order valence-electron chi connectivity index (χ0n) is 12.7. The molecule has 0 fully saturated rings. The first-order chi connectivity index (χ1) is 10.9. The molecule has 0 saturated heterocycles. The van der Waals surface area contributed by atoms with Crippen molar-refractivity contribution in [3.63, 3.8) is 0 Å². The van der Waals surface area contributed by atoms with Gasteiger partial charge in [-0.3, -0.25) is 14.9 Å². The largest absolute Gasteiger partial charge is 0.454 e. The Morgan fingerprint density at radius 2 is 2.00 bits per heavy atom. The predicted octanol–water partition coefficient (Wildman–Crippen LogP) is 1.25. The molecule has 1 aliphatic heterocycles. The number of carbonyl (C=O) groups is 2. The number of ether oxygens (including phenoxy) is 3. The number of carbonyl (C=O) groups excluding carboxylic acids is 2. The van der Waals surface area contributed by atoms with E-state index >= 15 is 0 Å². The summed E-state index contributed by atoms with van der Waals surface area (Å²) in [6.07, 6.45) is 0. The smallest absolute Gasteiger partial charge is 0.345 e. The van der Waals surface area contributed by atoms with Gasteiger partial charge in [-0.2, -0.15) is 0 Å². The van der Waals surface area contributed by atoms with Crippen molar-refractivity contribution >= 4 is 17.6 Å². The van der Waals surface area contributed by atoms with Gasteiger partial charge in [-0.1, -0.05) is 13.8 Å². The molecule has 0 radical (unpaired) electrons. The molecule has 2 rings (SSSR count). The van der Waals surface area contributed by atoms with E-state index in [1.165, 1.54) is 6.07 Å². The van der Waals surface area contributed by atoms with Gasteiger partial charge >= 0.3 is 5.97 Å². The van der Waals surface area contributed by atoms with Crippen molar-refractivity contribution in [2.45, 2.75) is 13.8 Å². The third-order valence-electron chi connectivity index (χ3n) is 2.95. The fourth-order valence-electron chi connectivity index (χ4n) is 1.82. The van der Waals surface area contributed by atoms with Gasteiger partial charge in [0, 0.05) is 12.6 Å². The number of nitrogens with one attached hydrogen (secondary N) is 1. The van der Waals surface area contributed by atoms with Gasteiger partial charge in [-0.15, -0.1) is 0 Å². The first kappa shape index (κ1) is 16.5. The highest BCUT2D eigenvalue weighted by Crippen LogP contribution is 2.38. The molecule has 9 heteroatoms. The summed E-state index contributed by atoms with van der Waals surface area (Å²) in [4.78, 5) is 33.9. The molecule has 0 spiro atoms. The first-order valence-electron chi connectivity index (χ1n) is 6.90. The molecule has 0 aliphatic carbocycles. The van der Waals surface area contributed by atoms with Crippen molar-refractivity contribution in [3.8, 4) is 11.5 Å². The quantitative estimate of drug-likeness (QED) is 0.475. The molecule has 0 bridgehead atoms. The van der Waals surface area contributed by atoms with E-state index in [0.717, 1.165) is 6.07 Å². The Balaban J connectivity index is 2.07. The number of rotatable bonds is 6. The Morgan fingerprint density at radius 1 is 1.35 bits per heavy atom.